The lowest BCUT2D eigenvalue weighted by molar-refractivity contribution is 0.00578. The fourth-order valence-corrected chi connectivity index (χ4v) is 3.80. The minimum absolute atomic E-state index is 0.363. The number of aryl methyl sites for hydroxylation is 2. The SMILES string of the molecule is COC(=O)c1cc(Oc2nc3cc(B4OC(C)(C)C(C)(C)O4)c(Cl)cc3n2C)ccc1C. The van der Waals surface area contributed by atoms with Crippen LogP contribution in [0.4, 0.5) is 0 Å². The fraction of sp³-hybridized carbons (Fsp3) is 0.391. The molecule has 1 aliphatic heterocycles. The van der Waals surface area contributed by atoms with Crippen molar-refractivity contribution in [1.82, 2.24) is 9.55 Å². The van der Waals surface area contributed by atoms with Crippen molar-refractivity contribution in [3.05, 3.63) is 46.5 Å². The molecule has 1 fully saturated rings. The Kier molecular flexibility index (Phi) is 5.52. The first-order valence-electron chi connectivity index (χ1n) is 10.3. The summed E-state index contributed by atoms with van der Waals surface area (Å²) >= 11 is 6.61. The number of benzene rings is 2. The average molecular weight is 457 g/mol. The summed E-state index contributed by atoms with van der Waals surface area (Å²) < 4.78 is 24.9. The number of carbonyl (C=O) groups is 1. The third-order valence-electron chi connectivity index (χ3n) is 6.29. The van der Waals surface area contributed by atoms with E-state index in [-0.39, 0.29) is 0 Å². The lowest BCUT2D eigenvalue weighted by Crippen LogP contribution is -2.41. The number of halogens is 1. The largest absolute Gasteiger partial charge is 0.496 e. The maximum atomic E-state index is 12.0. The minimum Gasteiger partial charge on any atom is -0.465 e. The molecule has 7 nitrogen and oxygen atoms in total. The Morgan fingerprint density at radius 3 is 2.41 bits per heavy atom. The van der Waals surface area contributed by atoms with Crippen molar-refractivity contribution < 1.29 is 23.6 Å². The van der Waals surface area contributed by atoms with E-state index in [2.05, 4.69) is 4.98 Å². The van der Waals surface area contributed by atoms with Gasteiger partial charge < -0.3 is 18.8 Å². The zero-order valence-electron chi connectivity index (χ0n) is 19.3. The van der Waals surface area contributed by atoms with Gasteiger partial charge in [-0.15, -0.1) is 0 Å². The number of carbonyl (C=O) groups excluding carboxylic acids is 1. The van der Waals surface area contributed by atoms with Crippen molar-refractivity contribution >= 4 is 41.2 Å². The molecule has 168 valence electrons. The topological polar surface area (TPSA) is 71.8 Å². The molecule has 0 unspecified atom stereocenters. The van der Waals surface area contributed by atoms with Crippen LogP contribution in [0.25, 0.3) is 11.0 Å². The molecule has 0 amide bonds. The number of nitrogens with zero attached hydrogens (tertiary/aromatic N) is 2. The molecular weight excluding hydrogens is 431 g/mol. The van der Waals surface area contributed by atoms with Crippen LogP contribution in [-0.4, -0.2) is 41.0 Å². The van der Waals surface area contributed by atoms with E-state index in [0.717, 1.165) is 11.1 Å². The van der Waals surface area contributed by atoms with E-state index in [1.54, 1.807) is 22.8 Å². The molecule has 0 radical (unpaired) electrons. The smallest absolute Gasteiger partial charge is 0.465 e. The van der Waals surface area contributed by atoms with E-state index in [1.165, 1.54) is 7.11 Å². The molecule has 0 spiro atoms. The standard InChI is InChI=1S/C23H26BClN2O5/c1-13-8-9-14(10-15(13)20(28)29-7)30-21-26-18-11-16(17(25)12-19(18)27(21)6)24-31-22(2,3)23(4,5)32-24/h8-12H,1-7H3. The summed E-state index contributed by atoms with van der Waals surface area (Å²) in [6.45, 7) is 9.82. The van der Waals surface area contributed by atoms with Gasteiger partial charge in [0, 0.05) is 17.5 Å². The zero-order valence-corrected chi connectivity index (χ0v) is 20.0. The summed E-state index contributed by atoms with van der Waals surface area (Å²) in [5.74, 6) is 0.0588. The molecule has 1 saturated heterocycles. The van der Waals surface area contributed by atoms with Gasteiger partial charge in [-0.3, -0.25) is 4.57 Å². The Balaban J connectivity index is 1.69. The fourth-order valence-electron chi connectivity index (χ4n) is 3.55. The van der Waals surface area contributed by atoms with Gasteiger partial charge in [-0.2, -0.15) is 4.98 Å². The zero-order chi connectivity index (χ0) is 23.4. The maximum absolute atomic E-state index is 12.0. The Hall–Kier alpha value is -2.55. The van der Waals surface area contributed by atoms with Crippen LogP contribution in [0.15, 0.2) is 30.3 Å². The number of ether oxygens (including phenoxy) is 2. The predicted octanol–water partition coefficient (Wildman–Crippen LogP) is 4.41. The Bertz CT molecular complexity index is 1200. The second kappa shape index (κ2) is 7.80. The summed E-state index contributed by atoms with van der Waals surface area (Å²) in [5.41, 5.74) is 2.49. The second-order valence-electron chi connectivity index (χ2n) is 8.97. The van der Waals surface area contributed by atoms with Crippen LogP contribution >= 0.6 is 11.6 Å². The first-order valence-corrected chi connectivity index (χ1v) is 10.7. The molecule has 2 aromatic carbocycles. The van der Waals surface area contributed by atoms with Crippen molar-refractivity contribution in [1.29, 1.82) is 0 Å². The first kappa shape index (κ1) is 22.6. The number of fused-ring (bicyclic) bond motifs is 1. The highest BCUT2D eigenvalue weighted by Crippen LogP contribution is 2.37. The van der Waals surface area contributed by atoms with Crippen molar-refractivity contribution in [2.45, 2.75) is 45.8 Å². The van der Waals surface area contributed by atoms with Crippen LogP contribution in [-0.2, 0) is 21.1 Å². The van der Waals surface area contributed by atoms with E-state index in [0.29, 0.717) is 33.3 Å². The third kappa shape index (κ3) is 3.76. The van der Waals surface area contributed by atoms with E-state index in [9.17, 15) is 4.79 Å². The van der Waals surface area contributed by atoms with Gasteiger partial charge in [0.05, 0.1) is 34.9 Å². The van der Waals surface area contributed by atoms with E-state index >= 15 is 0 Å². The Morgan fingerprint density at radius 2 is 1.78 bits per heavy atom. The molecule has 1 aliphatic rings. The number of methoxy groups -OCH3 is 1. The van der Waals surface area contributed by atoms with Crippen molar-refractivity contribution in [3.8, 4) is 11.8 Å². The summed E-state index contributed by atoms with van der Waals surface area (Å²) in [4.78, 5) is 16.6. The average Bonchev–Trinajstić information content (AvgIpc) is 3.13. The molecule has 3 aromatic rings. The quantitative estimate of drug-likeness (QED) is 0.428. The van der Waals surface area contributed by atoms with Crippen LogP contribution in [0.1, 0.15) is 43.6 Å². The van der Waals surface area contributed by atoms with Gasteiger partial charge in [0.15, 0.2) is 0 Å². The number of rotatable bonds is 4. The van der Waals surface area contributed by atoms with Crippen LogP contribution in [0, 0.1) is 6.92 Å². The molecule has 2 heterocycles. The molecule has 0 atom stereocenters. The minimum atomic E-state index is -0.594. The Labute approximate surface area is 192 Å². The van der Waals surface area contributed by atoms with Gasteiger partial charge in [0.2, 0.25) is 0 Å². The molecule has 4 rings (SSSR count). The number of hydrogen-bond donors (Lipinski definition) is 0. The predicted molar refractivity (Wildman–Crippen MR) is 124 cm³/mol. The summed E-state index contributed by atoms with van der Waals surface area (Å²) in [6, 6.07) is 9.28. The van der Waals surface area contributed by atoms with Gasteiger partial charge in [-0.25, -0.2) is 4.79 Å². The van der Waals surface area contributed by atoms with Gasteiger partial charge in [-0.1, -0.05) is 17.7 Å². The summed E-state index contributed by atoms with van der Waals surface area (Å²) in [6.07, 6.45) is 0. The highest BCUT2D eigenvalue weighted by Gasteiger charge is 2.52. The normalized spacial score (nSPS) is 17.1. The van der Waals surface area contributed by atoms with Crippen molar-refractivity contribution in [3.63, 3.8) is 0 Å². The molecule has 0 saturated carbocycles. The Morgan fingerprint density at radius 1 is 1.12 bits per heavy atom. The summed E-state index contributed by atoms with van der Waals surface area (Å²) in [5, 5.41) is 0.522. The number of hydrogen-bond acceptors (Lipinski definition) is 6. The highest BCUT2D eigenvalue weighted by molar-refractivity contribution is 6.66. The molecule has 9 heteroatoms. The van der Waals surface area contributed by atoms with E-state index < -0.39 is 24.3 Å². The van der Waals surface area contributed by atoms with Crippen molar-refractivity contribution in [2.75, 3.05) is 7.11 Å². The lowest BCUT2D eigenvalue weighted by atomic mass is 9.79. The van der Waals surface area contributed by atoms with Crippen LogP contribution in [0.5, 0.6) is 11.8 Å². The maximum Gasteiger partial charge on any atom is 0.496 e. The second-order valence-corrected chi connectivity index (χ2v) is 9.38. The molecule has 0 aliphatic carbocycles. The monoisotopic (exact) mass is 456 g/mol. The van der Waals surface area contributed by atoms with Crippen LogP contribution < -0.4 is 10.2 Å². The molecule has 32 heavy (non-hydrogen) atoms. The van der Waals surface area contributed by atoms with Crippen LogP contribution in [0.2, 0.25) is 5.02 Å². The number of imidazole rings is 1. The van der Waals surface area contributed by atoms with E-state index in [4.69, 9.17) is 30.4 Å². The van der Waals surface area contributed by atoms with Gasteiger partial charge >= 0.3 is 19.1 Å². The number of aromatic nitrogens is 2. The van der Waals surface area contributed by atoms with Crippen molar-refractivity contribution in [2.24, 2.45) is 7.05 Å². The van der Waals surface area contributed by atoms with Gasteiger partial charge in [-0.05, 0) is 64.4 Å². The molecular formula is C23H26BClN2O5. The van der Waals surface area contributed by atoms with Crippen LogP contribution in [0.3, 0.4) is 0 Å². The summed E-state index contributed by atoms with van der Waals surface area (Å²) in [7, 11) is 2.59. The highest BCUT2D eigenvalue weighted by atomic mass is 35.5. The lowest BCUT2D eigenvalue weighted by Gasteiger charge is -2.32. The first-order chi connectivity index (χ1) is 14.9. The van der Waals surface area contributed by atoms with Gasteiger partial charge in [0.1, 0.15) is 5.75 Å². The van der Waals surface area contributed by atoms with Gasteiger partial charge in [0.25, 0.3) is 0 Å². The third-order valence-corrected chi connectivity index (χ3v) is 6.62. The molecule has 0 bridgehead atoms. The van der Waals surface area contributed by atoms with E-state index in [1.807, 2.05) is 53.8 Å². The molecule has 1 aromatic heterocycles. The number of esters is 1. The molecule has 0 N–H and O–H groups in total.